The quantitative estimate of drug-likeness (QED) is 0.831. The second-order valence-electron chi connectivity index (χ2n) is 7.91. The number of benzene rings is 1. The lowest BCUT2D eigenvalue weighted by atomic mass is 9.93. The van der Waals surface area contributed by atoms with E-state index in [1.54, 1.807) is 0 Å². The number of nitrogens with zero attached hydrogens (tertiary/aromatic N) is 2. The van der Waals surface area contributed by atoms with E-state index in [9.17, 15) is 4.79 Å². The number of pyridine rings is 1. The molecule has 0 bridgehead atoms. The molecule has 1 aliphatic heterocycles. The van der Waals surface area contributed by atoms with Crippen LogP contribution in [0.4, 0.5) is 11.4 Å². The molecular weight excluding hydrogens is 334 g/mol. The van der Waals surface area contributed by atoms with E-state index >= 15 is 0 Å². The molecule has 1 amide bonds. The average Bonchev–Trinajstić information content (AvgIpc) is 2.74. The first kappa shape index (κ1) is 18.0. The van der Waals surface area contributed by atoms with Gasteiger partial charge in [0.15, 0.2) is 12.4 Å². The number of aryl methyl sites for hydroxylation is 2. The molecule has 1 atom stereocenters. The van der Waals surface area contributed by atoms with Crippen molar-refractivity contribution >= 4 is 17.3 Å². The molecule has 1 saturated heterocycles. The van der Waals surface area contributed by atoms with Crippen LogP contribution >= 0.6 is 0 Å². The van der Waals surface area contributed by atoms with E-state index < -0.39 is 0 Å². The fourth-order valence-electron chi connectivity index (χ4n) is 4.22. The monoisotopic (exact) mass is 364 g/mol. The number of piperidine rings is 1. The Hall–Kier alpha value is -2.36. The number of amides is 1. The van der Waals surface area contributed by atoms with E-state index in [4.69, 9.17) is 0 Å². The van der Waals surface area contributed by atoms with Crippen molar-refractivity contribution in [2.45, 2.75) is 57.9 Å². The zero-order valence-corrected chi connectivity index (χ0v) is 16.3. The van der Waals surface area contributed by atoms with Crippen LogP contribution in [0.5, 0.6) is 0 Å². The summed E-state index contributed by atoms with van der Waals surface area (Å²) >= 11 is 0. The molecule has 27 heavy (non-hydrogen) atoms. The first-order chi connectivity index (χ1) is 13.2. The number of rotatable bonds is 4. The van der Waals surface area contributed by atoms with Crippen molar-refractivity contribution in [1.82, 2.24) is 0 Å². The van der Waals surface area contributed by atoms with Crippen LogP contribution in [0.1, 0.15) is 56.2 Å². The summed E-state index contributed by atoms with van der Waals surface area (Å²) in [4.78, 5) is 15.2. The molecule has 0 unspecified atom stereocenters. The van der Waals surface area contributed by atoms with Gasteiger partial charge in [-0.05, 0) is 74.8 Å². The van der Waals surface area contributed by atoms with Gasteiger partial charge in [0, 0.05) is 43.0 Å². The van der Waals surface area contributed by atoms with Crippen LogP contribution in [0.3, 0.4) is 0 Å². The molecule has 4 nitrogen and oxygen atoms in total. The highest BCUT2D eigenvalue weighted by Crippen LogP contribution is 2.22. The van der Waals surface area contributed by atoms with Crippen molar-refractivity contribution in [3.05, 3.63) is 53.9 Å². The minimum Gasteiger partial charge on any atom is -0.372 e. The molecule has 1 fully saturated rings. The second-order valence-corrected chi connectivity index (χ2v) is 7.91. The van der Waals surface area contributed by atoms with E-state index in [2.05, 4.69) is 34.6 Å². The van der Waals surface area contributed by atoms with E-state index in [1.165, 1.54) is 55.3 Å². The maximum Gasteiger partial charge on any atom is 0.293 e. The Morgan fingerprint density at radius 1 is 0.963 bits per heavy atom. The molecule has 1 aromatic carbocycles. The molecule has 1 aliphatic carbocycles. The molecule has 0 radical (unpaired) electrons. The van der Waals surface area contributed by atoms with Gasteiger partial charge in [-0.25, -0.2) is 0 Å². The molecule has 4 rings (SSSR count). The summed E-state index contributed by atoms with van der Waals surface area (Å²) in [5, 5.41) is 3.07. The molecule has 2 heterocycles. The summed E-state index contributed by atoms with van der Waals surface area (Å²) in [6, 6.07) is 10.2. The van der Waals surface area contributed by atoms with Gasteiger partial charge in [-0.15, -0.1) is 0 Å². The van der Waals surface area contributed by atoms with Crippen molar-refractivity contribution in [3.8, 4) is 0 Å². The topological polar surface area (TPSA) is 36.2 Å². The van der Waals surface area contributed by atoms with Gasteiger partial charge < -0.3 is 10.2 Å². The second kappa shape index (κ2) is 8.12. The van der Waals surface area contributed by atoms with Gasteiger partial charge >= 0.3 is 0 Å². The Balaban J connectivity index is 1.40. The molecule has 142 valence electrons. The first-order valence-corrected chi connectivity index (χ1v) is 10.4. The lowest BCUT2D eigenvalue weighted by Gasteiger charge is -2.28. The summed E-state index contributed by atoms with van der Waals surface area (Å²) in [7, 11) is 0. The number of anilines is 2. The Morgan fingerprint density at radius 3 is 2.41 bits per heavy atom. The number of nitrogens with one attached hydrogen (secondary N) is 1. The molecule has 1 aromatic heterocycles. The minimum absolute atomic E-state index is 0.0291. The number of fused-ring (bicyclic) bond motifs is 1. The lowest BCUT2D eigenvalue weighted by molar-refractivity contribution is -0.706. The number of hydrogen-bond donors (Lipinski definition) is 1. The number of carbonyl (C=O) groups excluding carboxylic acids is 1. The van der Waals surface area contributed by atoms with Crippen LogP contribution in [0.15, 0.2) is 42.7 Å². The van der Waals surface area contributed by atoms with Crippen LogP contribution in [-0.2, 0) is 17.6 Å². The number of hydrogen-bond acceptors (Lipinski definition) is 2. The van der Waals surface area contributed by atoms with Crippen molar-refractivity contribution < 1.29 is 9.36 Å². The molecule has 4 heteroatoms. The summed E-state index contributed by atoms with van der Waals surface area (Å²) in [5.41, 5.74) is 4.96. The number of carbonyl (C=O) groups is 1. The van der Waals surface area contributed by atoms with Crippen LogP contribution < -0.4 is 14.8 Å². The smallest absolute Gasteiger partial charge is 0.293 e. The van der Waals surface area contributed by atoms with Crippen LogP contribution in [0, 0.1) is 0 Å². The third-order valence-electron chi connectivity index (χ3n) is 5.99. The maximum absolute atomic E-state index is 12.7. The van der Waals surface area contributed by atoms with E-state index in [-0.39, 0.29) is 11.9 Å². The van der Waals surface area contributed by atoms with E-state index in [0.29, 0.717) is 0 Å². The summed E-state index contributed by atoms with van der Waals surface area (Å²) in [5.74, 6) is 0.0291. The highest BCUT2D eigenvalue weighted by molar-refractivity contribution is 5.92. The van der Waals surface area contributed by atoms with Crippen molar-refractivity contribution in [2.24, 2.45) is 0 Å². The predicted molar refractivity (Wildman–Crippen MR) is 109 cm³/mol. The third-order valence-corrected chi connectivity index (χ3v) is 5.99. The molecule has 0 spiro atoms. The standard InChI is InChI=1S/C23H29N3O/c1-18(26-16-13-19-7-3-4-8-20(19)17-26)23(27)24-21-9-11-22(12-10-21)25-14-5-2-6-15-25/h9-13,16-18H,2-8,14-15H2,1H3/p+1/t18-/m1/s1. The zero-order valence-electron chi connectivity index (χ0n) is 16.3. The largest absolute Gasteiger partial charge is 0.372 e. The van der Waals surface area contributed by atoms with Gasteiger partial charge in [-0.2, -0.15) is 4.57 Å². The Bertz CT molecular complexity index is 794. The van der Waals surface area contributed by atoms with Gasteiger partial charge in [-0.3, -0.25) is 4.79 Å². The van der Waals surface area contributed by atoms with Gasteiger partial charge in [-0.1, -0.05) is 0 Å². The lowest BCUT2D eigenvalue weighted by Crippen LogP contribution is -2.44. The highest BCUT2D eigenvalue weighted by Gasteiger charge is 2.24. The van der Waals surface area contributed by atoms with Crippen molar-refractivity contribution in [3.63, 3.8) is 0 Å². The highest BCUT2D eigenvalue weighted by atomic mass is 16.2. The van der Waals surface area contributed by atoms with E-state index in [1.807, 2.05) is 29.8 Å². The van der Waals surface area contributed by atoms with Gasteiger partial charge in [0.2, 0.25) is 6.04 Å². The van der Waals surface area contributed by atoms with E-state index in [0.717, 1.165) is 25.2 Å². The SMILES string of the molecule is C[C@H](C(=O)Nc1ccc(N2CCCCC2)cc1)[n+]1ccc2c(c1)CCCC2. The molecule has 1 N–H and O–H groups in total. The normalized spacial score (nSPS) is 17.9. The predicted octanol–water partition coefficient (Wildman–Crippen LogP) is 4.04. The average molecular weight is 365 g/mol. The van der Waals surface area contributed by atoms with Crippen molar-refractivity contribution in [1.29, 1.82) is 0 Å². The summed E-state index contributed by atoms with van der Waals surface area (Å²) < 4.78 is 2.04. The van der Waals surface area contributed by atoms with Crippen molar-refractivity contribution in [2.75, 3.05) is 23.3 Å². The first-order valence-electron chi connectivity index (χ1n) is 10.4. The molecule has 2 aliphatic rings. The van der Waals surface area contributed by atoms with Gasteiger partial charge in [0.1, 0.15) is 0 Å². The van der Waals surface area contributed by atoms with Gasteiger partial charge in [0.05, 0.1) is 0 Å². The Labute approximate surface area is 162 Å². The Morgan fingerprint density at radius 2 is 1.67 bits per heavy atom. The fourth-order valence-corrected chi connectivity index (χ4v) is 4.22. The number of aromatic nitrogens is 1. The van der Waals surface area contributed by atoms with Crippen LogP contribution in [0.2, 0.25) is 0 Å². The molecule has 2 aromatic rings. The molecular formula is C23H30N3O+. The Kier molecular flexibility index (Phi) is 5.42. The fraction of sp³-hybridized carbons (Fsp3) is 0.478. The van der Waals surface area contributed by atoms with Crippen LogP contribution in [0.25, 0.3) is 0 Å². The third kappa shape index (κ3) is 4.15. The zero-order chi connectivity index (χ0) is 18.6. The molecule has 0 saturated carbocycles. The maximum atomic E-state index is 12.7. The summed E-state index contributed by atoms with van der Waals surface area (Å²) in [6.45, 7) is 4.24. The minimum atomic E-state index is -0.223. The summed E-state index contributed by atoms with van der Waals surface area (Å²) in [6.07, 6.45) is 12.9. The van der Waals surface area contributed by atoms with Crippen LogP contribution in [-0.4, -0.2) is 19.0 Å². The van der Waals surface area contributed by atoms with Gasteiger partial charge in [0.25, 0.3) is 5.91 Å².